The number of nitrogens with one attached hydrogen (secondary N) is 1. The minimum Gasteiger partial charge on any atom is -0.494 e. The zero-order valence-electron chi connectivity index (χ0n) is 14.8. The van der Waals surface area contributed by atoms with Gasteiger partial charge in [-0.15, -0.1) is 0 Å². The van der Waals surface area contributed by atoms with E-state index >= 15 is 0 Å². The molecule has 2 rings (SSSR count). The van der Waals surface area contributed by atoms with Gasteiger partial charge in [0.15, 0.2) is 11.5 Å². The second kappa shape index (κ2) is 9.71. The molecule has 2 aromatic rings. The minimum absolute atomic E-state index is 0.623. The molecule has 2 aromatic carbocycles. The van der Waals surface area contributed by atoms with Crippen LogP contribution < -0.4 is 19.5 Å². The summed E-state index contributed by atoms with van der Waals surface area (Å²) in [6, 6.07) is 14.1. The summed E-state index contributed by atoms with van der Waals surface area (Å²) >= 11 is 0. The van der Waals surface area contributed by atoms with Gasteiger partial charge in [-0.1, -0.05) is 13.0 Å². The summed E-state index contributed by atoms with van der Waals surface area (Å²) in [6.45, 7) is 8.78. The molecule has 24 heavy (non-hydrogen) atoms. The van der Waals surface area contributed by atoms with Crippen LogP contribution in [0, 0.1) is 0 Å². The molecule has 0 bridgehead atoms. The monoisotopic (exact) mass is 329 g/mol. The van der Waals surface area contributed by atoms with Gasteiger partial charge in [0.25, 0.3) is 0 Å². The van der Waals surface area contributed by atoms with Crippen molar-refractivity contribution in [2.24, 2.45) is 0 Å². The lowest BCUT2D eigenvalue weighted by molar-refractivity contribution is 0.276. The fourth-order valence-electron chi connectivity index (χ4n) is 2.30. The van der Waals surface area contributed by atoms with E-state index in [1.165, 1.54) is 0 Å². The first-order valence-electron chi connectivity index (χ1n) is 8.62. The van der Waals surface area contributed by atoms with Gasteiger partial charge in [-0.2, -0.15) is 0 Å². The van der Waals surface area contributed by atoms with Crippen LogP contribution in [-0.4, -0.2) is 19.8 Å². The van der Waals surface area contributed by atoms with Gasteiger partial charge in [0.1, 0.15) is 5.75 Å². The third-order valence-corrected chi connectivity index (χ3v) is 3.43. The number of hydrogen-bond acceptors (Lipinski definition) is 4. The van der Waals surface area contributed by atoms with E-state index in [4.69, 9.17) is 14.2 Å². The predicted molar refractivity (Wildman–Crippen MR) is 98.3 cm³/mol. The highest BCUT2D eigenvalue weighted by molar-refractivity contribution is 5.48. The van der Waals surface area contributed by atoms with E-state index in [1.54, 1.807) is 0 Å². The Morgan fingerprint density at radius 2 is 1.54 bits per heavy atom. The first kappa shape index (κ1) is 18.0. The Labute approximate surface area is 144 Å². The fraction of sp³-hybridized carbons (Fsp3) is 0.400. The van der Waals surface area contributed by atoms with Crippen LogP contribution in [0.4, 0.5) is 5.69 Å². The highest BCUT2D eigenvalue weighted by Crippen LogP contribution is 2.29. The zero-order chi connectivity index (χ0) is 17.2. The van der Waals surface area contributed by atoms with Crippen LogP contribution >= 0.6 is 0 Å². The zero-order valence-corrected chi connectivity index (χ0v) is 14.8. The van der Waals surface area contributed by atoms with Crippen molar-refractivity contribution in [1.29, 1.82) is 0 Å². The molecule has 0 unspecified atom stereocenters. The number of benzene rings is 2. The molecule has 4 heteroatoms. The van der Waals surface area contributed by atoms with Gasteiger partial charge in [-0.05, 0) is 62.2 Å². The minimum atomic E-state index is 0.623. The number of rotatable bonds is 10. The topological polar surface area (TPSA) is 39.7 Å². The van der Waals surface area contributed by atoms with Gasteiger partial charge in [-0.3, -0.25) is 0 Å². The van der Waals surface area contributed by atoms with Crippen molar-refractivity contribution in [2.75, 3.05) is 25.1 Å². The second-order valence-corrected chi connectivity index (χ2v) is 5.37. The lowest BCUT2D eigenvalue weighted by Gasteiger charge is -2.14. The molecular formula is C20H27NO3. The summed E-state index contributed by atoms with van der Waals surface area (Å²) in [5, 5.41) is 3.41. The molecule has 0 spiro atoms. The standard InChI is InChI=1S/C20H27NO3/c1-4-13-24-19-12-7-16(14-20(19)23-6-3)15-21-17-8-10-18(11-9-17)22-5-2/h7-12,14,21H,4-6,13,15H2,1-3H3. The Morgan fingerprint density at radius 3 is 2.21 bits per heavy atom. The summed E-state index contributed by atoms with van der Waals surface area (Å²) < 4.78 is 16.9. The SMILES string of the molecule is CCCOc1ccc(CNc2ccc(OCC)cc2)cc1OCC. The Kier molecular flexibility index (Phi) is 7.27. The van der Waals surface area contributed by atoms with E-state index < -0.39 is 0 Å². The van der Waals surface area contributed by atoms with Gasteiger partial charge in [-0.25, -0.2) is 0 Å². The Bertz CT molecular complexity index is 611. The van der Waals surface area contributed by atoms with Crippen LogP contribution in [0.2, 0.25) is 0 Å². The van der Waals surface area contributed by atoms with Crippen molar-refractivity contribution in [3.8, 4) is 17.2 Å². The maximum Gasteiger partial charge on any atom is 0.161 e. The van der Waals surface area contributed by atoms with Gasteiger partial charge in [0.2, 0.25) is 0 Å². The van der Waals surface area contributed by atoms with Crippen LogP contribution in [-0.2, 0) is 6.54 Å². The summed E-state index contributed by atoms with van der Waals surface area (Å²) in [7, 11) is 0. The van der Waals surface area contributed by atoms with Crippen molar-refractivity contribution >= 4 is 5.69 Å². The van der Waals surface area contributed by atoms with E-state index in [0.29, 0.717) is 19.8 Å². The quantitative estimate of drug-likeness (QED) is 0.674. The van der Waals surface area contributed by atoms with Crippen LogP contribution in [0.5, 0.6) is 17.2 Å². The van der Waals surface area contributed by atoms with Crippen molar-refractivity contribution in [3.05, 3.63) is 48.0 Å². The molecule has 0 saturated heterocycles. The van der Waals surface area contributed by atoms with Crippen LogP contribution in [0.25, 0.3) is 0 Å². The van der Waals surface area contributed by atoms with Crippen molar-refractivity contribution in [2.45, 2.75) is 33.7 Å². The van der Waals surface area contributed by atoms with Crippen LogP contribution in [0.1, 0.15) is 32.8 Å². The average Bonchev–Trinajstić information content (AvgIpc) is 2.61. The molecule has 1 N–H and O–H groups in total. The molecule has 0 aliphatic carbocycles. The summed E-state index contributed by atoms with van der Waals surface area (Å²) in [4.78, 5) is 0. The van der Waals surface area contributed by atoms with Gasteiger partial charge in [0.05, 0.1) is 19.8 Å². The van der Waals surface area contributed by atoms with Crippen molar-refractivity contribution in [1.82, 2.24) is 0 Å². The molecule has 0 aliphatic rings. The fourth-order valence-corrected chi connectivity index (χ4v) is 2.30. The Balaban J connectivity index is 1.99. The lowest BCUT2D eigenvalue weighted by atomic mass is 10.2. The molecule has 0 aliphatic heterocycles. The van der Waals surface area contributed by atoms with Gasteiger partial charge < -0.3 is 19.5 Å². The molecule has 0 aromatic heterocycles. The first-order valence-corrected chi connectivity index (χ1v) is 8.62. The smallest absolute Gasteiger partial charge is 0.161 e. The molecule has 0 saturated carbocycles. The van der Waals surface area contributed by atoms with E-state index in [2.05, 4.69) is 18.3 Å². The molecule has 0 fully saturated rings. The normalized spacial score (nSPS) is 10.3. The summed E-state index contributed by atoms with van der Waals surface area (Å²) in [5.74, 6) is 2.50. The Morgan fingerprint density at radius 1 is 0.792 bits per heavy atom. The first-order chi connectivity index (χ1) is 11.8. The van der Waals surface area contributed by atoms with E-state index in [9.17, 15) is 0 Å². The number of hydrogen-bond donors (Lipinski definition) is 1. The maximum atomic E-state index is 5.73. The number of anilines is 1. The van der Waals surface area contributed by atoms with Crippen molar-refractivity contribution in [3.63, 3.8) is 0 Å². The molecule has 130 valence electrons. The third kappa shape index (κ3) is 5.37. The second-order valence-electron chi connectivity index (χ2n) is 5.37. The van der Waals surface area contributed by atoms with E-state index in [0.717, 1.165) is 41.5 Å². The molecule has 0 radical (unpaired) electrons. The van der Waals surface area contributed by atoms with Crippen molar-refractivity contribution < 1.29 is 14.2 Å². The van der Waals surface area contributed by atoms with Gasteiger partial charge >= 0.3 is 0 Å². The Hall–Kier alpha value is -2.36. The maximum absolute atomic E-state index is 5.73. The van der Waals surface area contributed by atoms with Crippen LogP contribution in [0.15, 0.2) is 42.5 Å². The average molecular weight is 329 g/mol. The van der Waals surface area contributed by atoms with E-state index in [1.807, 2.05) is 50.2 Å². The molecule has 4 nitrogen and oxygen atoms in total. The largest absolute Gasteiger partial charge is 0.494 e. The van der Waals surface area contributed by atoms with E-state index in [-0.39, 0.29) is 0 Å². The lowest BCUT2D eigenvalue weighted by Crippen LogP contribution is -2.03. The molecule has 0 atom stereocenters. The summed E-state index contributed by atoms with van der Waals surface area (Å²) in [5.41, 5.74) is 2.21. The van der Waals surface area contributed by atoms with Crippen LogP contribution in [0.3, 0.4) is 0 Å². The highest BCUT2D eigenvalue weighted by atomic mass is 16.5. The number of ether oxygens (including phenoxy) is 3. The molecule has 0 amide bonds. The predicted octanol–water partition coefficient (Wildman–Crippen LogP) is 4.88. The third-order valence-electron chi connectivity index (χ3n) is 3.43. The molecular weight excluding hydrogens is 302 g/mol. The molecule has 0 heterocycles. The summed E-state index contributed by atoms with van der Waals surface area (Å²) in [6.07, 6.45) is 0.979. The van der Waals surface area contributed by atoms with Gasteiger partial charge in [0, 0.05) is 12.2 Å². The highest BCUT2D eigenvalue weighted by Gasteiger charge is 2.06.